The van der Waals surface area contributed by atoms with Gasteiger partial charge in [0, 0.05) is 24.9 Å². The molecule has 2 rings (SSSR count). The van der Waals surface area contributed by atoms with E-state index in [9.17, 15) is 0 Å². The van der Waals surface area contributed by atoms with Crippen molar-refractivity contribution in [2.75, 3.05) is 13.7 Å². The molecule has 7 heteroatoms. The lowest BCUT2D eigenvalue weighted by Crippen LogP contribution is -2.36. The van der Waals surface area contributed by atoms with Gasteiger partial charge in [-0.15, -0.1) is 0 Å². The Hall–Kier alpha value is -2.57. The number of rotatable bonds is 7. The summed E-state index contributed by atoms with van der Waals surface area (Å²) in [4.78, 5) is 8.66. The molecule has 0 atom stereocenters. The molecule has 0 fully saturated rings. The molecule has 0 aromatic carbocycles. The highest BCUT2D eigenvalue weighted by atomic mass is 16.5. The van der Waals surface area contributed by atoms with E-state index in [-0.39, 0.29) is 0 Å². The van der Waals surface area contributed by atoms with E-state index in [1.165, 1.54) is 0 Å². The molecule has 0 bridgehead atoms. The summed E-state index contributed by atoms with van der Waals surface area (Å²) in [5.41, 5.74) is 1.98. The third-order valence-electron chi connectivity index (χ3n) is 3.37. The van der Waals surface area contributed by atoms with Crippen molar-refractivity contribution in [3.05, 3.63) is 41.4 Å². The van der Waals surface area contributed by atoms with Crippen LogP contribution in [0.3, 0.4) is 0 Å². The molecule has 0 aliphatic rings. The lowest BCUT2D eigenvalue weighted by atomic mass is 10.1. The van der Waals surface area contributed by atoms with Crippen LogP contribution in [0.5, 0.6) is 5.88 Å². The number of ether oxygens (including phenoxy) is 1. The highest BCUT2D eigenvalue weighted by molar-refractivity contribution is 5.79. The number of hydrogen-bond acceptors (Lipinski definition) is 5. The van der Waals surface area contributed by atoms with Crippen molar-refractivity contribution < 1.29 is 9.26 Å². The first-order chi connectivity index (χ1) is 11.6. The van der Waals surface area contributed by atoms with E-state index < -0.39 is 0 Å². The molecular formula is C17H25N5O2. The van der Waals surface area contributed by atoms with Crippen LogP contribution in [0.25, 0.3) is 0 Å². The van der Waals surface area contributed by atoms with E-state index in [0.29, 0.717) is 24.9 Å². The summed E-state index contributed by atoms with van der Waals surface area (Å²) < 4.78 is 10.5. The van der Waals surface area contributed by atoms with Gasteiger partial charge in [0.2, 0.25) is 5.88 Å². The predicted molar refractivity (Wildman–Crippen MR) is 93.0 cm³/mol. The van der Waals surface area contributed by atoms with Gasteiger partial charge in [0.05, 0.1) is 25.9 Å². The highest BCUT2D eigenvalue weighted by Gasteiger charge is 2.08. The summed E-state index contributed by atoms with van der Waals surface area (Å²) >= 11 is 0. The van der Waals surface area contributed by atoms with Crippen LogP contribution in [0, 0.1) is 0 Å². The average Bonchev–Trinajstić information content (AvgIpc) is 3.07. The van der Waals surface area contributed by atoms with Crippen molar-refractivity contribution in [2.24, 2.45) is 4.99 Å². The van der Waals surface area contributed by atoms with E-state index >= 15 is 0 Å². The molecule has 7 nitrogen and oxygen atoms in total. The molecule has 0 saturated carbocycles. The molecule has 24 heavy (non-hydrogen) atoms. The van der Waals surface area contributed by atoms with Gasteiger partial charge in [-0.3, -0.25) is 0 Å². The minimum Gasteiger partial charge on any atom is -0.481 e. The zero-order chi connectivity index (χ0) is 17.4. The molecule has 0 amide bonds. The van der Waals surface area contributed by atoms with Crippen LogP contribution in [0.15, 0.2) is 33.9 Å². The van der Waals surface area contributed by atoms with Crippen LogP contribution < -0.4 is 15.4 Å². The van der Waals surface area contributed by atoms with Crippen LogP contribution in [0.2, 0.25) is 0 Å². The average molecular weight is 331 g/mol. The Morgan fingerprint density at radius 2 is 2.17 bits per heavy atom. The van der Waals surface area contributed by atoms with Gasteiger partial charge in [0.25, 0.3) is 0 Å². The Morgan fingerprint density at radius 1 is 1.33 bits per heavy atom. The zero-order valence-corrected chi connectivity index (χ0v) is 14.7. The molecule has 2 aromatic rings. The van der Waals surface area contributed by atoms with Gasteiger partial charge < -0.3 is 19.9 Å². The Morgan fingerprint density at radius 3 is 2.83 bits per heavy atom. The number of pyridine rings is 1. The summed E-state index contributed by atoms with van der Waals surface area (Å²) in [5.74, 6) is 2.44. The first-order valence-electron chi connectivity index (χ1n) is 8.09. The minimum atomic E-state index is 0.353. The Balaban J connectivity index is 1.96. The third kappa shape index (κ3) is 5.26. The lowest BCUT2D eigenvalue weighted by molar-refractivity contribution is 0.372. The smallest absolute Gasteiger partial charge is 0.213 e. The number of guanidine groups is 1. The normalized spacial score (nSPS) is 11.6. The molecule has 2 aromatic heterocycles. The Labute approximate surface area is 142 Å². The second-order valence-electron chi connectivity index (χ2n) is 5.63. The molecule has 0 spiro atoms. The van der Waals surface area contributed by atoms with E-state index in [1.54, 1.807) is 13.3 Å². The molecule has 0 saturated heterocycles. The first-order valence-corrected chi connectivity index (χ1v) is 8.09. The second kappa shape index (κ2) is 8.90. The molecule has 0 aliphatic carbocycles. The number of aromatic nitrogens is 2. The number of hydrogen-bond donors (Lipinski definition) is 2. The van der Waals surface area contributed by atoms with Crippen molar-refractivity contribution in [3.8, 4) is 5.88 Å². The van der Waals surface area contributed by atoms with E-state index in [4.69, 9.17) is 9.26 Å². The van der Waals surface area contributed by atoms with Crippen LogP contribution in [0.1, 0.15) is 43.7 Å². The monoisotopic (exact) mass is 331 g/mol. The number of aliphatic imine (C=N–C) groups is 1. The largest absolute Gasteiger partial charge is 0.481 e. The lowest BCUT2D eigenvalue weighted by Gasteiger charge is -2.10. The Bertz CT molecular complexity index is 667. The van der Waals surface area contributed by atoms with E-state index in [0.717, 1.165) is 29.5 Å². The van der Waals surface area contributed by atoms with Gasteiger partial charge in [-0.2, -0.15) is 0 Å². The molecule has 2 N–H and O–H groups in total. The van der Waals surface area contributed by atoms with Crippen molar-refractivity contribution in [1.29, 1.82) is 0 Å². The molecule has 130 valence electrons. The maximum atomic E-state index is 5.33. The van der Waals surface area contributed by atoms with Crippen molar-refractivity contribution in [3.63, 3.8) is 0 Å². The van der Waals surface area contributed by atoms with E-state index in [1.807, 2.05) is 25.1 Å². The Kier molecular flexibility index (Phi) is 6.60. The number of nitrogens with one attached hydrogen (secondary N) is 2. The third-order valence-corrected chi connectivity index (χ3v) is 3.37. The summed E-state index contributed by atoms with van der Waals surface area (Å²) in [6.07, 6.45) is 1.71. The van der Waals surface area contributed by atoms with Crippen LogP contribution in [-0.4, -0.2) is 29.8 Å². The van der Waals surface area contributed by atoms with Crippen LogP contribution in [0.4, 0.5) is 0 Å². The van der Waals surface area contributed by atoms with Crippen LogP contribution >= 0.6 is 0 Å². The molecule has 0 unspecified atom stereocenters. The molecule has 2 heterocycles. The van der Waals surface area contributed by atoms with Gasteiger partial charge in [0.1, 0.15) is 0 Å². The van der Waals surface area contributed by atoms with Crippen molar-refractivity contribution in [2.45, 2.75) is 39.8 Å². The first kappa shape index (κ1) is 17.8. The van der Waals surface area contributed by atoms with E-state index in [2.05, 4.69) is 39.6 Å². The zero-order valence-electron chi connectivity index (χ0n) is 14.7. The van der Waals surface area contributed by atoms with Crippen LogP contribution in [-0.2, 0) is 13.1 Å². The fourth-order valence-electron chi connectivity index (χ4n) is 2.03. The standard InChI is InChI=1S/C17H25N5O2/c1-5-18-17(20-10-13-6-7-19-16(8-13)23-4)21-11-14-9-15(12(2)3)22-24-14/h6-9,12H,5,10-11H2,1-4H3,(H2,18,20,21). The second-order valence-corrected chi connectivity index (χ2v) is 5.63. The topological polar surface area (TPSA) is 84.6 Å². The maximum absolute atomic E-state index is 5.33. The molecular weight excluding hydrogens is 306 g/mol. The predicted octanol–water partition coefficient (Wildman–Crippen LogP) is 2.46. The van der Waals surface area contributed by atoms with Gasteiger partial charge >= 0.3 is 0 Å². The number of methoxy groups -OCH3 is 1. The van der Waals surface area contributed by atoms with Crippen molar-refractivity contribution >= 4 is 5.96 Å². The summed E-state index contributed by atoms with van der Waals surface area (Å²) in [6.45, 7) is 8.04. The maximum Gasteiger partial charge on any atom is 0.213 e. The molecule has 0 radical (unpaired) electrons. The summed E-state index contributed by atoms with van der Waals surface area (Å²) in [7, 11) is 1.60. The van der Waals surface area contributed by atoms with Gasteiger partial charge in [-0.05, 0) is 24.5 Å². The SMILES string of the molecule is CCNC(=NCc1ccnc(OC)c1)NCc1cc(C(C)C)no1. The van der Waals surface area contributed by atoms with Gasteiger partial charge in [-0.1, -0.05) is 19.0 Å². The van der Waals surface area contributed by atoms with Crippen molar-refractivity contribution in [1.82, 2.24) is 20.8 Å². The highest BCUT2D eigenvalue weighted by Crippen LogP contribution is 2.13. The minimum absolute atomic E-state index is 0.353. The summed E-state index contributed by atoms with van der Waals surface area (Å²) in [6, 6.07) is 5.76. The fourth-order valence-corrected chi connectivity index (χ4v) is 2.03. The summed E-state index contributed by atoms with van der Waals surface area (Å²) in [5, 5.41) is 10.5. The number of nitrogens with zero attached hydrogens (tertiary/aromatic N) is 3. The van der Waals surface area contributed by atoms with Gasteiger partial charge in [0.15, 0.2) is 11.7 Å². The fraction of sp³-hybridized carbons (Fsp3) is 0.471. The molecule has 0 aliphatic heterocycles. The van der Waals surface area contributed by atoms with Gasteiger partial charge in [-0.25, -0.2) is 9.98 Å². The quantitative estimate of drug-likeness (QED) is 0.599.